The van der Waals surface area contributed by atoms with E-state index in [1.165, 1.54) is 0 Å². The molecule has 0 spiro atoms. The average Bonchev–Trinajstić information content (AvgIpc) is 3.01. The van der Waals surface area contributed by atoms with Crippen molar-refractivity contribution in [3.63, 3.8) is 0 Å². The van der Waals surface area contributed by atoms with Crippen LogP contribution in [-0.4, -0.2) is 52.6 Å². The number of rotatable bonds is 4. The highest BCUT2D eigenvalue weighted by Gasteiger charge is 2.70. The van der Waals surface area contributed by atoms with Crippen molar-refractivity contribution in [3.8, 4) is 0 Å². The van der Waals surface area contributed by atoms with Gasteiger partial charge in [-0.3, -0.25) is 4.74 Å². The predicted octanol–water partition coefficient (Wildman–Crippen LogP) is -0.325. The van der Waals surface area contributed by atoms with E-state index in [4.69, 9.17) is 14.2 Å². The molecule has 2 fully saturated rings. The van der Waals surface area contributed by atoms with Crippen LogP contribution in [0.2, 0.25) is 0 Å². The number of benzene rings is 1. The zero-order valence-corrected chi connectivity index (χ0v) is 12.3. The van der Waals surface area contributed by atoms with Crippen LogP contribution in [0.3, 0.4) is 0 Å². The van der Waals surface area contributed by atoms with Crippen molar-refractivity contribution in [1.29, 1.82) is 0 Å². The maximum atomic E-state index is 11.9. The molecule has 3 atom stereocenters. The first-order valence-electron chi connectivity index (χ1n) is 7.40. The molecule has 1 aromatic carbocycles. The summed E-state index contributed by atoms with van der Waals surface area (Å²) in [4.78, 5) is 11.9. The van der Waals surface area contributed by atoms with E-state index >= 15 is 0 Å². The smallest absolute Gasteiger partial charge is 0.407 e. The Morgan fingerprint density at radius 2 is 2.04 bits per heavy atom. The van der Waals surface area contributed by atoms with Gasteiger partial charge in [-0.1, -0.05) is 30.3 Å². The summed E-state index contributed by atoms with van der Waals surface area (Å²) in [6.07, 6.45) is -1.13. The van der Waals surface area contributed by atoms with Gasteiger partial charge in [0.05, 0.1) is 12.5 Å². The lowest BCUT2D eigenvalue weighted by molar-refractivity contribution is -0.439. The van der Waals surface area contributed by atoms with Gasteiger partial charge in [-0.25, -0.2) is 4.79 Å². The van der Waals surface area contributed by atoms with Gasteiger partial charge in [0.15, 0.2) is 6.29 Å². The second-order valence-corrected chi connectivity index (χ2v) is 5.61. The molecule has 1 amide bonds. The minimum Gasteiger partial charge on any atom is -0.407 e. The molecule has 2 saturated heterocycles. The Balaban J connectivity index is 1.56. The number of alkyl carbamates (subject to hydrolysis) is 1. The van der Waals surface area contributed by atoms with Crippen molar-refractivity contribution in [2.75, 3.05) is 13.2 Å². The normalized spacial score (nSPS) is 31.6. The third-order valence-corrected chi connectivity index (χ3v) is 4.06. The molecule has 2 aliphatic heterocycles. The van der Waals surface area contributed by atoms with E-state index < -0.39 is 30.1 Å². The molecule has 0 saturated carbocycles. The number of ether oxygens (including phenoxy) is 3. The van der Waals surface area contributed by atoms with E-state index in [1.807, 2.05) is 30.3 Å². The standard InChI is InChI=1S/C15H19NO7/c17-13(16-8-6-10-4-2-1-3-5-10)23-14(18)11-7-9-21-12(11)22-15(14,19)20/h1-5,11-12,18-20H,6-9H2,(H,16,17). The van der Waals surface area contributed by atoms with Gasteiger partial charge in [0, 0.05) is 6.54 Å². The van der Waals surface area contributed by atoms with Crippen molar-refractivity contribution in [1.82, 2.24) is 5.32 Å². The predicted molar refractivity (Wildman–Crippen MR) is 75.7 cm³/mol. The maximum Gasteiger partial charge on any atom is 0.409 e. The van der Waals surface area contributed by atoms with Gasteiger partial charge < -0.3 is 30.1 Å². The summed E-state index contributed by atoms with van der Waals surface area (Å²) in [5.74, 6) is -6.46. The van der Waals surface area contributed by atoms with E-state index in [0.717, 1.165) is 5.56 Å². The molecule has 3 unspecified atom stereocenters. The van der Waals surface area contributed by atoms with Crippen LogP contribution in [-0.2, 0) is 20.6 Å². The summed E-state index contributed by atoms with van der Waals surface area (Å²) in [5.41, 5.74) is 1.03. The SMILES string of the molecule is O=C(NCCc1ccccc1)OC1(O)C2CCOC2OC1(O)O. The zero-order valence-electron chi connectivity index (χ0n) is 12.3. The van der Waals surface area contributed by atoms with Crippen LogP contribution in [0.15, 0.2) is 30.3 Å². The number of hydrogen-bond acceptors (Lipinski definition) is 7. The van der Waals surface area contributed by atoms with Crippen molar-refractivity contribution in [2.24, 2.45) is 5.92 Å². The number of aliphatic hydroxyl groups is 3. The molecule has 8 nitrogen and oxygen atoms in total. The monoisotopic (exact) mass is 325 g/mol. The molecule has 2 aliphatic rings. The van der Waals surface area contributed by atoms with Crippen LogP contribution in [0.1, 0.15) is 12.0 Å². The first-order valence-corrected chi connectivity index (χ1v) is 7.40. The number of hydrogen-bond donors (Lipinski definition) is 4. The Hall–Kier alpha value is -1.71. The van der Waals surface area contributed by atoms with Gasteiger partial charge >= 0.3 is 17.9 Å². The fourth-order valence-corrected chi connectivity index (χ4v) is 2.82. The summed E-state index contributed by atoms with van der Waals surface area (Å²) in [7, 11) is 0. The summed E-state index contributed by atoms with van der Waals surface area (Å²) in [6.45, 7) is 0.543. The molecule has 0 radical (unpaired) electrons. The molecule has 126 valence electrons. The number of amides is 1. The fraction of sp³-hybridized carbons (Fsp3) is 0.533. The van der Waals surface area contributed by atoms with Gasteiger partial charge in [-0.05, 0) is 18.4 Å². The number of nitrogens with one attached hydrogen (secondary N) is 1. The van der Waals surface area contributed by atoms with Crippen molar-refractivity contribution < 1.29 is 34.3 Å². The molecular weight excluding hydrogens is 306 g/mol. The molecule has 3 rings (SSSR count). The van der Waals surface area contributed by atoms with E-state index in [-0.39, 0.29) is 19.6 Å². The van der Waals surface area contributed by atoms with Crippen molar-refractivity contribution >= 4 is 6.09 Å². The third kappa shape index (κ3) is 3.04. The molecule has 4 N–H and O–H groups in total. The highest BCUT2D eigenvalue weighted by Crippen LogP contribution is 2.47. The summed E-state index contributed by atoms with van der Waals surface area (Å²) < 4.78 is 14.8. The first-order chi connectivity index (χ1) is 10.9. The first kappa shape index (κ1) is 16.2. The highest BCUT2D eigenvalue weighted by molar-refractivity contribution is 5.67. The van der Waals surface area contributed by atoms with E-state index in [1.54, 1.807) is 0 Å². The maximum absolute atomic E-state index is 11.9. The Morgan fingerprint density at radius 3 is 2.78 bits per heavy atom. The Kier molecular flexibility index (Phi) is 4.26. The lowest BCUT2D eigenvalue weighted by Gasteiger charge is -2.33. The van der Waals surface area contributed by atoms with Gasteiger partial charge in [-0.2, -0.15) is 0 Å². The van der Waals surface area contributed by atoms with Crippen molar-refractivity contribution in [2.45, 2.75) is 30.9 Å². The topological polar surface area (TPSA) is 117 Å². The van der Waals surface area contributed by atoms with Gasteiger partial charge in [0.1, 0.15) is 0 Å². The van der Waals surface area contributed by atoms with Crippen molar-refractivity contribution in [3.05, 3.63) is 35.9 Å². The second kappa shape index (κ2) is 6.06. The second-order valence-electron chi connectivity index (χ2n) is 5.61. The highest BCUT2D eigenvalue weighted by atomic mass is 16.9. The average molecular weight is 325 g/mol. The minimum absolute atomic E-state index is 0.271. The third-order valence-electron chi connectivity index (χ3n) is 4.06. The largest absolute Gasteiger partial charge is 0.409 e. The van der Waals surface area contributed by atoms with E-state index in [2.05, 4.69) is 5.32 Å². The Morgan fingerprint density at radius 1 is 1.30 bits per heavy atom. The fourth-order valence-electron chi connectivity index (χ4n) is 2.82. The van der Waals surface area contributed by atoms with Crippen LogP contribution in [0.5, 0.6) is 0 Å². The van der Waals surface area contributed by atoms with Gasteiger partial charge in [-0.15, -0.1) is 0 Å². The minimum atomic E-state index is -3.01. The van der Waals surface area contributed by atoms with Crippen LogP contribution in [0.25, 0.3) is 0 Å². The number of fused-ring (bicyclic) bond motifs is 1. The number of carbonyl (C=O) groups is 1. The van der Waals surface area contributed by atoms with E-state index in [9.17, 15) is 20.1 Å². The van der Waals surface area contributed by atoms with E-state index in [0.29, 0.717) is 6.42 Å². The van der Waals surface area contributed by atoms with Crippen LogP contribution in [0, 0.1) is 5.92 Å². The zero-order chi connectivity index (χ0) is 16.5. The lowest BCUT2D eigenvalue weighted by Crippen LogP contribution is -2.58. The Bertz CT molecular complexity index is 564. The molecule has 23 heavy (non-hydrogen) atoms. The molecule has 0 aliphatic carbocycles. The van der Waals surface area contributed by atoms with Crippen LogP contribution < -0.4 is 5.32 Å². The molecule has 0 bridgehead atoms. The molecule has 2 heterocycles. The lowest BCUT2D eigenvalue weighted by atomic mass is 9.97. The number of carbonyl (C=O) groups excluding carboxylic acids is 1. The molecular formula is C15H19NO7. The molecule has 0 aromatic heterocycles. The summed E-state index contributed by atoms with van der Waals surface area (Å²) >= 11 is 0. The van der Waals surface area contributed by atoms with Crippen LogP contribution in [0.4, 0.5) is 4.79 Å². The van der Waals surface area contributed by atoms with Gasteiger partial charge in [0.2, 0.25) is 0 Å². The quantitative estimate of drug-likeness (QED) is 0.560. The van der Waals surface area contributed by atoms with Gasteiger partial charge in [0.25, 0.3) is 0 Å². The Labute approximate surface area is 132 Å². The van der Waals surface area contributed by atoms with Crippen LogP contribution >= 0.6 is 0 Å². The molecule has 8 heteroatoms. The summed E-state index contributed by atoms with van der Waals surface area (Å²) in [6, 6.07) is 9.50. The summed E-state index contributed by atoms with van der Waals surface area (Å²) in [5, 5.41) is 32.4. The molecule has 1 aromatic rings.